The fraction of sp³-hybridized carbons (Fsp3) is 0.464. The molecule has 4 N–H and O–H groups in total. The highest BCUT2D eigenvalue weighted by Gasteiger charge is 2.32. The highest BCUT2D eigenvalue weighted by Crippen LogP contribution is 2.40. The topological polar surface area (TPSA) is 94.2 Å². The first-order valence-corrected chi connectivity index (χ1v) is 13.1. The van der Waals surface area contributed by atoms with Crippen LogP contribution in [0, 0.1) is 5.41 Å². The highest BCUT2D eigenvalue weighted by molar-refractivity contribution is 6.32. The van der Waals surface area contributed by atoms with Crippen LogP contribution in [0.2, 0.25) is 5.02 Å². The van der Waals surface area contributed by atoms with Gasteiger partial charge in [-0.1, -0.05) is 46.2 Å². The zero-order valence-corrected chi connectivity index (χ0v) is 23.5. The van der Waals surface area contributed by atoms with Crippen molar-refractivity contribution in [2.45, 2.75) is 59.5 Å². The molecule has 0 fully saturated rings. The van der Waals surface area contributed by atoms with Crippen molar-refractivity contribution in [3.05, 3.63) is 64.1 Å². The Morgan fingerprint density at radius 1 is 1.27 bits per heavy atom. The quantitative estimate of drug-likeness (QED) is 0.414. The zero-order valence-electron chi connectivity index (χ0n) is 22.8. The van der Waals surface area contributed by atoms with Crippen LogP contribution in [-0.2, 0) is 12.0 Å². The molecule has 9 heteroatoms. The van der Waals surface area contributed by atoms with E-state index in [4.69, 9.17) is 16.6 Å². The Labute approximate surface area is 225 Å². The molecule has 0 saturated carbocycles. The summed E-state index contributed by atoms with van der Waals surface area (Å²) in [5.74, 6) is 0.573. The standard InChI is InChI=1S/C28H38ClN7O/c1-8-30-25(37)20-14-32-26(35-24(20)33-18-9-10-31-22(13-18)27(2,3)4)34-19-11-17-15-36(7)16-28(5,6)23(17)21(29)12-19/h9-14,22,31H,8,15-16H2,1-7H3,(H,30,37)(H2,32,33,34,35). The minimum Gasteiger partial charge on any atom is -0.384 e. The largest absolute Gasteiger partial charge is 0.384 e. The van der Waals surface area contributed by atoms with E-state index in [1.54, 1.807) is 6.20 Å². The normalized spacial score (nSPS) is 18.9. The van der Waals surface area contributed by atoms with E-state index in [9.17, 15) is 4.79 Å². The van der Waals surface area contributed by atoms with Crippen LogP contribution in [0.4, 0.5) is 17.5 Å². The molecule has 2 aromatic rings. The average molecular weight is 524 g/mol. The predicted molar refractivity (Wildman–Crippen MR) is 151 cm³/mol. The summed E-state index contributed by atoms with van der Waals surface area (Å²) in [7, 11) is 2.12. The molecule has 1 aromatic heterocycles. The summed E-state index contributed by atoms with van der Waals surface area (Å²) in [5.41, 5.74) is 4.39. The molecule has 1 amide bonds. The highest BCUT2D eigenvalue weighted by atomic mass is 35.5. The monoisotopic (exact) mass is 523 g/mol. The van der Waals surface area contributed by atoms with E-state index in [1.807, 2.05) is 25.3 Å². The lowest BCUT2D eigenvalue weighted by atomic mass is 9.78. The number of dihydropyridines is 1. The molecular weight excluding hydrogens is 486 g/mol. The maximum atomic E-state index is 12.8. The number of nitrogens with zero attached hydrogens (tertiary/aromatic N) is 3. The number of nitrogens with one attached hydrogen (secondary N) is 4. The first kappa shape index (κ1) is 26.9. The summed E-state index contributed by atoms with van der Waals surface area (Å²) >= 11 is 6.77. The first-order chi connectivity index (χ1) is 17.4. The van der Waals surface area contributed by atoms with Gasteiger partial charge in [0.2, 0.25) is 5.95 Å². The number of allylic oxidation sites excluding steroid dienone is 1. The molecule has 4 rings (SSSR count). The minimum atomic E-state index is -0.232. The lowest BCUT2D eigenvalue weighted by Crippen LogP contribution is -2.40. The van der Waals surface area contributed by atoms with Gasteiger partial charge in [0.1, 0.15) is 11.4 Å². The molecule has 1 unspecified atom stereocenters. The van der Waals surface area contributed by atoms with Crippen molar-refractivity contribution in [3.8, 4) is 0 Å². The Kier molecular flexibility index (Phi) is 7.53. The Bertz CT molecular complexity index is 1250. The number of benzene rings is 1. The average Bonchev–Trinajstić information content (AvgIpc) is 2.77. The second-order valence-electron chi connectivity index (χ2n) is 11.6. The fourth-order valence-electron chi connectivity index (χ4n) is 5.05. The molecule has 198 valence electrons. The van der Waals surface area contributed by atoms with Crippen LogP contribution in [-0.4, -0.2) is 47.0 Å². The van der Waals surface area contributed by atoms with E-state index >= 15 is 0 Å². The molecule has 0 spiro atoms. The van der Waals surface area contributed by atoms with Crippen molar-refractivity contribution >= 4 is 35.0 Å². The predicted octanol–water partition coefficient (Wildman–Crippen LogP) is 5.17. The zero-order chi connectivity index (χ0) is 27.0. The number of hydrogen-bond acceptors (Lipinski definition) is 7. The summed E-state index contributed by atoms with van der Waals surface area (Å²) in [6.07, 6.45) is 7.50. The van der Waals surface area contributed by atoms with Gasteiger partial charge in [0, 0.05) is 47.7 Å². The number of halogens is 1. The number of carbonyl (C=O) groups is 1. The molecule has 37 heavy (non-hydrogen) atoms. The maximum Gasteiger partial charge on any atom is 0.256 e. The fourth-order valence-corrected chi connectivity index (χ4v) is 5.55. The van der Waals surface area contributed by atoms with Crippen molar-refractivity contribution in [2.75, 3.05) is 30.8 Å². The number of hydrogen-bond donors (Lipinski definition) is 4. The number of fused-ring (bicyclic) bond motifs is 1. The van der Waals surface area contributed by atoms with Gasteiger partial charge < -0.3 is 26.2 Å². The molecule has 3 heterocycles. The van der Waals surface area contributed by atoms with Crippen molar-refractivity contribution < 1.29 is 4.79 Å². The first-order valence-electron chi connectivity index (χ1n) is 12.7. The van der Waals surface area contributed by atoms with E-state index in [2.05, 4.69) is 85.0 Å². The van der Waals surface area contributed by atoms with Crippen LogP contribution in [0.15, 0.2) is 42.4 Å². The van der Waals surface area contributed by atoms with Gasteiger partial charge >= 0.3 is 0 Å². The number of anilines is 3. The van der Waals surface area contributed by atoms with Gasteiger partial charge in [-0.05, 0) is 61.0 Å². The van der Waals surface area contributed by atoms with Gasteiger partial charge in [-0.2, -0.15) is 4.98 Å². The molecule has 2 aliphatic rings. The maximum absolute atomic E-state index is 12.8. The van der Waals surface area contributed by atoms with Crippen molar-refractivity contribution in [3.63, 3.8) is 0 Å². The van der Waals surface area contributed by atoms with Crippen molar-refractivity contribution in [1.82, 2.24) is 25.5 Å². The molecule has 1 aromatic carbocycles. The van der Waals surface area contributed by atoms with Crippen LogP contribution < -0.4 is 21.3 Å². The Balaban J connectivity index is 1.66. The number of aromatic nitrogens is 2. The Morgan fingerprint density at radius 3 is 2.73 bits per heavy atom. The molecule has 1 atom stereocenters. The van der Waals surface area contributed by atoms with Crippen LogP contribution >= 0.6 is 11.6 Å². The molecule has 0 radical (unpaired) electrons. The van der Waals surface area contributed by atoms with Gasteiger partial charge in [0.15, 0.2) is 0 Å². The van der Waals surface area contributed by atoms with E-state index in [0.29, 0.717) is 23.9 Å². The van der Waals surface area contributed by atoms with Crippen molar-refractivity contribution in [1.29, 1.82) is 0 Å². The van der Waals surface area contributed by atoms with Crippen molar-refractivity contribution in [2.24, 2.45) is 5.41 Å². The number of carbonyl (C=O) groups excluding carboxylic acids is 1. The Hall–Kier alpha value is -3.10. The molecule has 0 aliphatic carbocycles. The van der Waals surface area contributed by atoms with Crippen LogP contribution in [0.1, 0.15) is 63.0 Å². The van der Waals surface area contributed by atoms with E-state index in [-0.39, 0.29) is 22.8 Å². The third-order valence-corrected chi connectivity index (χ3v) is 6.96. The third-order valence-electron chi connectivity index (χ3n) is 6.66. The second kappa shape index (κ2) is 10.3. The van der Waals surface area contributed by atoms with Gasteiger partial charge in [-0.15, -0.1) is 0 Å². The van der Waals surface area contributed by atoms with Gasteiger partial charge in [-0.25, -0.2) is 4.98 Å². The molecular formula is C28H38ClN7O. The second-order valence-corrected chi connectivity index (χ2v) is 12.0. The van der Waals surface area contributed by atoms with Gasteiger partial charge in [-0.3, -0.25) is 4.79 Å². The van der Waals surface area contributed by atoms with E-state index in [0.717, 1.165) is 29.5 Å². The molecule has 8 nitrogen and oxygen atoms in total. The summed E-state index contributed by atoms with van der Waals surface area (Å²) in [4.78, 5) is 24.2. The molecule has 2 aliphatic heterocycles. The third kappa shape index (κ3) is 6.08. The Morgan fingerprint density at radius 2 is 2.03 bits per heavy atom. The summed E-state index contributed by atoms with van der Waals surface area (Å²) in [5, 5.41) is 13.6. The summed E-state index contributed by atoms with van der Waals surface area (Å²) in [6, 6.07) is 4.17. The van der Waals surface area contributed by atoms with Crippen LogP contribution in [0.25, 0.3) is 0 Å². The lowest BCUT2D eigenvalue weighted by Gasteiger charge is -2.39. The lowest BCUT2D eigenvalue weighted by molar-refractivity contribution is 0.0956. The number of likely N-dealkylation sites (N-methyl/N-ethyl adjacent to an activating group) is 1. The van der Waals surface area contributed by atoms with Crippen LogP contribution in [0.5, 0.6) is 0 Å². The minimum absolute atomic E-state index is 0.0207. The summed E-state index contributed by atoms with van der Waals surface area (Å²) in [6.45, 7) is 15.1. The van der Waals surface area contributed by atoms with E-state index < -0.39 is 0 Å². The number of rotatable bonds is 6. The smallest absolute Gasteiger partial charge is 0.256 e. The van der Waals surface area contributed by atoms with Crippen LogP contribution in [0.3, 0.4) is 0 Å². The molecule has 0 saturated heterocycles. The van der Waals surface area contributed by atoms with E-state index in [1.165, 1.54) is 11.1 Å². The SMILES string of the molecule is CCNC(=O)c1cnc(Nc2cc(Cl)c3c(c2)CN(C)CC3(C)C)nc1NC1=CC(C(C)(C)C)NC=C1. The van der Waals surface area contributed by atoms with Gasteiger partial charge in [0.25, 0.3) is 5.91 Å². The number of amides is 1. The molecule has 0 bridgehead atoms. The van der Waals surface area contributed by atoms with Gasteiger partial charge in [0.05, 0.1) is 6.04 Å². The summed E-state index contributed by atoms with van der Waals surface area (Å²) < 4.78 is 0.